The maximum Gasteiger partial charge on any atom is 0.156 e. The van der Waals surface area contributed by atoms with Crippen molar-refractivity contribution in [3.05, 3.63) is 0 Å². The van der Waals surface area contributed by atoms with Crippen molar-refractivity contribution in [3.63, 3.8) is 0 Å². The Morgan fingerprint density at radius 2 is 2.05 bits per heavy atom. The fraction of sp³-hybridized carbons (Fsp3) is 0.933. The van der Waals surface area contributed by atoms with Crippen LogP contribution in [-0.4, -0.2) is 71.3 Å². The molecule has 6 heteroatoms. The highest BCUT2D eigenvalue weighted by molar-refractivity contribution is 5.84. The van der Waals surface area contributed by atoms with Crippen LogP contribution in [0.3, 0.4) is 0 Å². The molecule has 0 radical (unpaired) electrons. The van der Waals surface area contributed by atoms with E-state index in [-0.39, 0.29) is 11.6 Å². The van der Waals surface area contributed by atoms with Crippen LogP contribution in [0.4, 0.5) is 0 Å². The fourth-order valence-electron chi connectivity index (χ4n) is 3.99. The van der Waals surface area contributed by atoms with E-state index in [4.69, 9.17) is 15.7 Å². The van der Waals surface area contributed by atoms with E-state index in [1.54, 1.807) is 0 Å². The first kappa shape index (κ1) is 15.1. The quantitative estimate of drug-likeness (QED) is 0.349. The molecule has 0 aromatic rings. The molecule has 1 spiro atoms. The summed E-state index contributed by atoms with van der Waals surface area (Å²) in [5, 5.41) is 11.9. The summed E-state index contributed by atoms with van der Waals surface area (Å²) in [4.78, 5) is 4.92. The smallest absolute Gasteiger partial charge is 0.156 e. The number of rotatable bonds is 3. The second-order valence-electron chi connectivity index (χ2n) is 6.80. The lowest BCUT2D eigenvalue weighted by Gasteiger charge is -2.51. The van der Waals surface area contributed by atoms with Gasteiger partial charge in [-0.3, -0.25) is 9.80 Å². The van der Waals surface area contributed by atoms with Crippen LogP contribution in [0.2, 0.25) is 0 Å². The van der Waals surface area contributed by atoms with Crippen molar-refractivity contribution in [2.75, 3.05) is 32.8 Å². The van der Waals surface area contributed by atoms with Gasteiger partial charge in [-0.2, -0.15) is 0 Å². The molecule has 2 atom stereocenters. The molecule has 0 bridgehead atoms. The Kier molecular flexibility index (Phi) is 4.38. The van der Waals surface area contributed by atoms with Crippen molar-refractivity contribution in [1.29, 1.82) is 0 Å². The molecule has 2 unspecified atom stereocenters. The number of nitrogens with zero attached hydrogens (tertiary/aromatic N) is 3. The van der Waals surface area contributed by atoms with Gasteiger partial charge in [0.2, 0.25) is 0 Å². The lowest BCUT2D eigenvalue weighted by molar-refractivity contribution is -0.151. The summed E-state index contributed by atoms with van der Waals surface area (Å²) in [6, 6.07) is 0.699. The highest BCUT2D eigenvalue weighted by Gasteiger charge is 2.44. The zero-order valence-electron chi connectivity index (χ0n) is 13.0. The predicted octanol–water partition coefficient (Wildman–Crippen LogP) is 0.841. The van der Waals surface area contributed by atoms with Crippen molar-refractivity contribution >= 4 is 5.84 Å². The monoisotopic (exact) mass is 296 g/mol. The van der Waals surface area contributed by atoms with Gasteiger partial charge in [0.05, 0.1) is 11.6 Å². The molecule has 0 aromatic heterocycles. The van der Waals surface area contributed by atoms with Crippen LogP contribution in [0.25, 0.3) is 0 Å². The van der Waals surface area contributed by atoms with Crippen LogP contribution in [0, 0.1) is 0 Å². The first-order valence-electron chi connectivity index (χ1n) is 8.23. The highest BCUT2D eigenvalue weighted by Crippen LogP contribution is 2.43. The second kappa shape index (κ2) is 6.10. The van der Waals surface area contributed by atoms with E-state index in [2.05, 4.69) is 15.0 Å². The highest BCUT2D eigenvalue weighted by atomic mass is 16.5. The van der Waals surface area contributed by atoms with Gasteiger partial charge in [0.15, 0.2) is 5.84 Å². The lowest BCUT2D eigenvalue weighted by atomic mass is 9.73. The average Bonchev–Trinajstić information content (AvgIpc) is 2.52. The third-order valence-electron chi connectivity index (χ3n) is 5.69. The lowest BCUT2D eigenvalue weighted by Crippen LogP contribution is -2.58. The van der Waals surface area contributed by atoms with E-state index in [1.165, 1.54) is 25.7 Å². The summed E-state index contributed by atoms with van der Waals surface area (Å²) >= 11 is 0. The fourth-order valence-corrected chi connectivity index (χ4v) is 3.99. The number of ether oxygens (including phenoxy) is 1. The Morgan fingerprint density at radius 1 is 1.33 bits per heavy atom. The molecular weight excluding hydrogens is 268 g/mol. The van der Waals surface area contributed by atoms with Crippen LogP contribution in [0.1, 0.15) is 39.0 Å². The minimum Gasteiger partial charge on any atom is -0.409 e. The minimum atomic E-state index is 0.0183. The van der Waals surface area contributed by atoms with Gasteiger partial charge < -0.3 is 15.7 Å². The number of oxime groups is 1. The summed E-state index contributed by atoms with van der Waals surface area (Å²) in [6.45, 7) is 7.05. The Bertz CT molecular complexity index is 389. The third kappa shape index (κ3) is 3.03. The molecule has 1 aliphatic carbocycles. The zero-order valence-corrected chi connectivity index (χ0v) is 13.0. The number of hydrogen-bond donors (Lipinski definition) is 2. The Morgan fingerprint density at radius 3 is 2.62 bits per heavy atom. The molecule has 2 heterocycles. The number of piperazine rings is 1. The van der Waals surface area contributed by atoms with Gasteiger partial charge in [0.25, 0.3) is 0 Å². The van der Waals surface area contributed by atoms with Gasteiger partial charge in [-0.15, -0.1) is 0 Å². The average molecular weight is 296 g/mol. The molecule has 6 nitrogen and oxygen atoms in total. The number of amidine groups is 1. The van der Waals surface area contributed by atoms with Crippen molar-refractivity contribution in [1.82, 2.24) is 9.80 Å². The second-order valence-corrected chi connectivity index (χ2v) is 6.80. The molecule has 3 N–H and O–H groups in total. The number of hydrogen-bond acceptors (Lipinski definition) is 5. The summed E-state index contributed by atoms with van der Waals surface area (Å²) < 4.78 is 6.03. The van der Waals surface area contributed by atoms with Gasteiger partial charge in [0, 0.05) is 38.8 Å². The first-order chi connectivity index (χ1) is 10.1. The van der Waals surface area contributed by atoms with Gasteiger partial charge >= 0.3 is 0 Å². The largest absolute Gasteiger partial charge is 0.409 e. The van der Waals surface area contributed by atoms with Gasteiger partial charge in [-0.25, -0.2) is 0 Å². The predicted molar refractivity (Wildman–Crippen MR) is 81.6 cm³/mol. The van der Waals surface area contributed by atoms with E-state index in [0.29, 0.717) is 11.9 Å². The van der Waals surface area contributed by atoms with Crippen molar-refractivity contribution in [3.8, 4) is 0 Å². The molecule has 3 fully saturated rings. The van der Waals surface area contributed by atoms with E-state index < -0.39 is 0 Å². The molecular formula is C15H28N4O2. The van der Waals surface area contributed by atoms with Crippen LogP contribution in [0.5, 0.6) is 0 Å². The molecule has 1 saturated carbocycles. The maximum absolute atomic E-state index is 8.79. The minimum absolute atomic E-state index is 0.0183. The zero-order chi connectivity index (χ0) is 14.9. The summed E-state index contributed by atoms with van der Waals surface area (Å²) in [5.74, 6) is 0.308. The molecule has 2 aliphatic heterocycles. The Hall–Kier alpha value is -0.850. The number of nitrogens with two attached hydrogens (primary N) is 1. The Balaban J connectivity index is 1.51. The van der Waals surface area contributed by atoms with Crippen LogP contribution < -0.4 is 5.73 Å². The van der Waals surface area contributed by atoms with E-state index in [0.717, 1.165) is 39.2 Å². The van der Waals surface area contributed by atoms with Crippen molar-refractivity contribution < 1.29 is 9.94 Å². The van der Waals surface area contributed by atoms with Crippen LogP contribution in [-0.2, 0) is 4.74 Å². The molecule has 2 saturated heterocycles. The van der Waals surface area contributed by atoms with E-state index >= 15 is 0 Å². The van der Waals surface area contributed by atoms with Crippen LogP contribution in [0.15, 0.2) is 5.16 Å². The molecule has 3 aliphatic rings. The van der Waals surface area contributed by atoms with Gasteiger partial charge in [-0.05, 0) is 39.0 Å². The van der Waals surface area contributed by atoms with E-state index in [1.807, 2.05) is 6.92 Å². The molecule has 0 amide bonds. The van der Waals surface area contributed by atoms with Crippen LogP contribution >= 0.6 is 0 Å². The summed E-state index contributed by atoms with van der Waals surface area (Å²) in [7, 11) is 0. The van der Waals surface area contributed by atoms with Gasteiger partial charge in [0.1, 0.15) is 0 Å². The molecule has 120 valence electrons. The summed E-state index contributed by atoms with van der Waals surface area (Å²) in [6.07, 6.45) is 6.21. The molecule has 0 aromatic carbocycles. The normalized spacial score (nSPS) is 32.8. The Labute approximate surface area is 126 Å². The van der Waals surface area contributed by atoms with Crippen molar-refractivity contribution in [2.24, 2.45) is 10.9 Å². The third-order valence-corrected chi connectivity index (χ3v) is 5.69. The SMILES string of the molecule is CC(C(N)=NO)N1CCN(C2CCOC3(CCC3)C2)CC1. The van der Waals surface area contributed by atoms with Crippen molar-refractivity contribution in [2.45, 2.75) is 56.7 Å². The van der Waals surface area contributed by atoms with Gasteiger partial charge in [-0.1, -0.05) is 5.16 Å². The molecule has 3 rings (SSSR count). The molecule has 21 heavy (non-hydrogen) atoms. The topological polar surface area (TPSA) is 74.3 Å². The first-order valence-corrected chi connectivity index (χ1v) is 8.23. The standard InChI is InChI=1S/C15H28N4O2/c1-12(14(16)17-20)18-6-8-19(9-7-18)13-3-10-21-15(11-13)4-2-5-15/h12-13,20H,2-11H2,1H3,(H2,16,17). The maximum atomic E-state index is 8.79. The summed E-state index contributed by atoms with van der Waals surface area (Å²) in [5.41, 5.74) is 5.94. The van der Waals surface area contributed by atoms with E-state index in [9.17, 15) is 0 Å².